The summed E-state index contributed by atoms with van der Waals surface area (Å²) in [6.45, 7) is 0. The van der Waals surface area contributed by atoms with E-state index in [2.05, 4.69) is 15.9 Å². The minimum atomic E-state index is -3.14. The van der Waals surface area contributed by atoms with E-state index in [0.717, 1.165) is 12.1 Å². The monoisotopic (exact) mass is 294 g/mol. The third kappa shape index (κ3) is 2.96. The van der Waals surface area contributed by atoms with Crippen LogP contribution in [-0.4, -0.2) is 17.3 Å². The number of nitro benzene ring substituents is 1. The molecule has 0 saturated heterocycles. The van der Waals surface area contributed by atoms with Gasteiger partial charge >= 0.3 is 6.43 Å². The lowest BCUT2D eigenvalue weighted by atomic mass is 10.3. The van der Waals surface area contributed by atoms with E-state index in [1.807, 2.05) is 5.32 Å². The van der Waals surface area contributed by atoms with E-state index in [1.165, 1.54) is 6.07 Å². The number of alkyl halides is 2. The van der Waals surface area contributed by atoms with Gasteiger partial charge in [-0.1, -0.05) is 0 Å². The Morgan fingerprint density at radius 2 is 2.12 bits per heavy atom. The quantitative estimate of drug-likeness (QED) is 0.688. The molecule has 0 unspecified atom stereocenters. The Balaban J connectivity index is 2.91. The summed E-state index contributed by atoms with van der Waals surface area (Å²) in [6, 6.07) is 3.38. The van der Waals surface area contributed by atoms with Gasteiger partial charge in [-0.25, -0.2) is 0 Å². The van der Waals surface area contributed by atoms with Crippen LogP contribution in [0.2, 0.25) is 0 Å². The average molecular weight is 295 g/mol. The number of halogens is 3. The van der Waals surface area contributed by atoms with E-state index in [-0.39, 0.29) is 15.8 Å². The van der Waals surface area contributed by atoms with Crippen LogP contribution in [0.25, 0.3) is 0 Å². The van der Waals surface area contributed by atoms with Gasteiger partial charge in [0.15, 0.2) is 0 Å². The summed E-state index contributed by atoms with van der Waals surface area (Å²) in [6.07, 6.45) is -3.14. The van der Waals surface area contributed by atoms with E-state index < -0.39 is 17.3 Å². The van der Waals surface area contributed by atoms with E-state index >= 15 is 0 Å². The minimum absolute atomic E-state index is 0.0518. The highest BCUT2D eigenvalue weighted by atomic mass is 79.9. The number of nitrogens with one attached hydrogen (secondary N) is 1. The third-order valence-electron chi connectivity index (χ3n) is 1.62. The molecule has 0 aliphatic carbocycles. The standard InChI is InChI=1S/C8H5BrF2N2O3/c9-5-3-4(13(15)16)1-2-6(5)12-8(14)7(10)11/h1-3,7H,(H,12,14). The molecule has 1 N–H and O–H groups in total. The molecule has 1 aromatic rings. The van der Waals surface area contributed by atoms with Crippen molar-refractivity contribution in [2.24, 2.45) is 0 Å². The number of nitrogens with zero attached hydrogens (tertiary/aromatic N) is 1. The van der Waals surface area contributed by atoms with Crippen LogP contribution < -0.4 is 5.32 Å². The lowest BCUT2D eigenvalue weighted by Crippen LogP contribution is -2.20. The van der Waals surface area contributed by atoms with Crippen molar-refractivity contribution in [2.45, 2.75) is 6.43 Å². The highest BCUT2D eigenvalue weighted by Crippen LogP contribution is 2.27. The molecule has 5 nitrogen and oxygen atoms in total. The van der Waals surface area contributed by atoms with Gasteiger partial charge in [-0.15, -0.1) is 0 Å². The zero-order valence-electron chi connectivity index (χ0n) is 7.62. The van der Waals surface area contributed by atoms with Crippen molar-refractivity contribution in [2.75, 3.05) is 5.32 Å². The molecular formula is C8H5BrF2N2O3. The molecule has 16 heavy (non-hydrogen) atoms. The number of amides is 1. The molecule has 86 valence electrons. The Labute approximate surface area is 96.7 Å². The van der Waals surface area contributed by atoms with Gasteiger partial charge in [0.25, 0.3) is 11.6 Å². The zero-order valence-corrected chi connectivity index (χ0v) is 9.20. The van der Waals surface area contributed by atoms with Crippen molar-refractivity contribution in [3.05, 3.63) is 32.8 Å². The first-order valence-electron chi connectivity index (χ1n) is 3.95. The molecule has 0 aromatic heterocycles. The number of hydrogen-bond acceptors (Lipinski definition) is 3. The van der Waals surface area contributed by atoms with Gasteiger partial charge in [0.1, 0.15) is 0 Å². The summed E-state index contributed by atoms with van der Waals surface area (Å²) in [4.78, 5) is 20.4. The maximum absolute atomic E-state index is 11.9. The number of nitro groups is 1. The number of anilines is 1. The number of rotatable bonds is 3. The van der Waals surface area contributed by atoms with E-state index in [4.69, 9.17) is 0 Å². The van der Waals surface area contributed by atoms with Gasteiger partial charge in [0.2, 0.25) is 0 Å². The van der Waals surface area contributed by atoms with Gasteiger partial charge in [0, 0.05) is 16.6 Å². The summed E-state index contributed by atoms with van der Waals surface area (Å²) in [5.41, 5.74) is -0.155. The summed E-state index contributed by atoms with van der Waals surface area (Å²) in [7, 11) is 0. The number of hydrogen-bond donors (Lipinski definition) is 1. The summed E-state index contributed by atoms with van der Waals surface area (Å²) in [5.74, 6) is -1.46. The van der Waals surface area contributed by atoms with Gasteiger partial charge in [0.05, 0.1) is 10.6 Å². The fourth-order valence-corrected chi connectivity index (χ4v) is 1.37. The number of carbonyl (C=O) groups is 1. The van der Waals surface area contributed by atoms with Crippen molar-refractivity contribution in [1.82, 2.24) is 0 Å². The third-order valence-corrected chi connectivity index (χ3v) is 2.28. The topological polar surface area (TPSA) is 72.2 Å². The summed E-state index contributed by atoms with van der Waals surface area (Å²) in [5, 5.41) is 12.3. The maximum Gasteiger partial charge on any atom is 0.315 e. The van der Waals surface area contributed by atoms with Crippen LogP contribution in [0.4, 0.5) is 20.2 Å². The van der Waals surface area contributed by atoms with Crippen LogP contribution in [0.1, 0.15) is 0 Å². The molecule has 0 saturated carbocycles. The summed E-state index contributed by atoms with van der Waals surface area (Å²) < 4.78 is 24.0. The molecular weight excluding hydrogens is 290 g/mol. The Morgan fingerprint density at radius 3 is 2.56 bits per heavy atom. The van der Waals surface area contributed by atoms with Crippen molar-refractivity contribution in [1.29, 1.82) is 0 Å². The van der Waals surface area contributed by atoms with Crippen molar-refractivity contribution in [3.8, 4) is 0 Å². The Bertz CT molecular complexity index is 439. The second-order valence-corrected chi connectivity index (χ2v) is 3.57. The van der Waals surface area contributed by atoms with Crippen LogP contribution in [0, 0.1) is 10.1 Å². The molecule has 0 bridgehead atoms. The van der Waals surface area contributed by atoms with Crippen LogP contribution in [0.5, 0.6) is 0 Å². The predicted molar refractivity (Wildman–Crippen MR) is 55.4 cm³/mol. The predicted octanol–water partition coefficient (Wildman–Crippen LogP) is 2.56. The van der Waals surface area contributed by atoms with Gasteiger partial charge in [-0.05, 0) is 22.0 Å². The molecule has 0 aliphatic heterocycles. The van der Waals surface area contributed by atoms with Crippen LogP contribution >= 0.6 is 15.9 Å². The zero-order chi connectivity index (χ0) is 12.3. The highest BCUT2D eigenvalue weighted by Gasteiger charge is 2.17. The van der Waals surface area contributed by atoms with Crippen LogP contribution in [-0.2, 0) is 4.79 Å². The van der Waals surface area contributed by atoms with Crippen molar-refractivity contribution >= 4 is 33.2 Å². The molecule has 0 heterocycles. The molecule has 0 radical (unpaired) electrons. The molecule has 0 aliphatic rings. The Morgan fingerprint density at radius 1 is 1.50 bits per heavy atom. The highest BCUT2D eigenvalue weighted by molar-refractivity contribution is 9.10. The second kappa shape index (κ2) is 4.97. The normalized spacial score (nSPS) is 10.2. The molecule has 0 atom stereocenters. The molecule has 1 rings (SSSR count). The van der Waals surface area contributed by atoms with Crippen LogP contribution in [0.15, 0.2) is 22.7 Å². The maximum atomic E-state index is 11.9. The smallest absolute Gasteiger partial charge is 0.315 e. The fraction of sp³-hybridized carbons (Fsp3) is 0.125. The van der Waals surface area contributed by atoms with Crippen molar-refractivity contribution < 1.29 is 18.5 Å². The molecule has 0 fully saturated rings. The lowest BCUT2D eigenvalue weighted by molar-refractivity contribution is -0.384. The van der Waals surface area contributed by atoms with Crippen molar-refractivity contribution in [3.63, 3.8) is 0 Å². The van der Waals surface area contributed by atoms with Gasteiger partial charge in [-0.2, -0.15) is 8.78 Å². The molecule has 8 heteroatoms. The number of benzene rings is 1. The first kappa shape index (κ1) is 12.5. The SMILES string of the molecule is O=C(Nc1ccc([N+](=O)[O-])cc1Br)C(F)F. The van der Waals surface area contributed by atoms with Gasteiger partial charge in [-0.3, -0.25) is 14.9 Å². The van der Waals surface area contributed by atoms with E-state index in [1.54, 1.807) is 0 Å². The van der Waals surface area contributed by atoms with E-state index in [9.17, 15) is 23.7 Å². The minimum Gasteiger partial charge on any atom is -0.320 e. The first-order valence-corrected chi connectivity index (χ1v) is 4.74. The first-order chi connectivity index (χ1) is 7.41. The number of non-ortho nitro benzene ring substituents is 1. The Hall–Kier alpha value is -1.57. The second-order valence-electron chi connectivity index (χ2n) is 2.71. The van der Waals surface area contributed by atoms with Crippen LogP contribution in [0.3, 0.4) is 0 Å². The average Bonchev–Trinajstić information content (AvgIpc) is 2.20. The fourth-order valence-electron chi connectivity index (χ4n) is 0.906. The van der Waals surface area contributed by atoms with E-state index in [0.29, 0.717) is 0 Å². The molecule has 0 spiro atoms. The number of carbonyl (C=O) groups excluding carboxylic acids is 1. The molecule has 1 amide bonds. The summed E-state index contributed by atoms with van der Waals surface area (Å²) >= 11 is 2.93. The lowest BCUT2D eigenvalue weighted by Gasteiger charge is -2.06. The van der Waals surface area contributed by atoms with Gasteiger partial charge < -0.3 is 5.32 Å². The Kier molecular flexibility index (Phi) is 3.88. The molecule has 1 aromatic carbocycles. The largest absolute Gasteiger partial charge is 0.320 e.